The van der Waals surface area contributed by atoms with E-state index >= 15 is 0 Å². The average molecular weight is 1570 g/mol. The van der Waals surface area contributed by atoms with Gasteiger partial charge in [0.05, 0.1) is 0 Å². The maximum atomic E-state index is 7.36. The van der Waals surface area contributed by atoms with Gasteiger partial charge >= 0.3 is 0 Å². The zero-order valence-corrected chi connectivity index (χ0v) is 80.0. The van der Waals surface area contributed by atoms with Crippen LogP contribution >= 0.6 is 0 Å². The average Bonchev–Trinajstić information content (AvgIpc) is 0.811. The Kier molecular flexibility index (Phi) is 30.0. The van der Waals surface area contributed by atoms with Crippen molar-refractivity contribution < 1.29 is 24.7 Å². The fourth-order valence-electron chi connectivity index (χ4n) is 12.5. The minimum absolute atomic E-state index is 0.0774. The number of hydrogen-bond donors (Lipinski definition) is 0. The van der Waals surface area contributed by atoms with Crippen molar-refractivity contribution in [2.45, 2.75) is 367 Å². The predicted molar refractivity (Wildman–Crippen MR) is 523 cm³/mol. The molecule has 0 saturated heterocycles. The number of rotatable bonds is 0. The fourth-order valence-corrected chi connectivity index (χ4v) is 12.5. The summed E-state index contributed by atoms with van der Waals surface area (Å²) in [6, 6.07) is 64.1. The van der Waals surface area contributed by atoms with Crippen molar-refractivity contribution in [3.63, 3.8) is 0 Å². The summed E-state index contributed by atoms with van der Waals surface area (Å²) in [4.78, 5) is 0. The van der Waals surface area contributed by atoms with Gasteiger partial charge in [0.2, 0.25) is 0 Å². The van der Waals surface area contributed by atoms with Crippen LogP contribution in [0.1, 0.15) is 367 Å². The van der Waals surface area contributed by atoms with Gasteiger partial charge in [0.1, 0.15) is 0 Å². The zero-order valence-electron chi connectivity index (χ0n) is 98.0. The first kappa shape index (κ1) is 77.1. The van der Waals surface area contributed by atoms with Gasteiger partial charge in [-0.05, 0) is 291 Å². The lowest BCUT2D eigenvalue weighted by molar-refractivity contribution is 0.561. The van der Waals surface area contributed by atoms with Gasteiger partial charge in [-0.2, -0.15) is 0 Å². The molecule has 0 saturated carbocycles. The van der Waals surface area contributed by atoms with Crippen LogP contribution in [0.3, 0.4) is 0 Å². The normalized spacial score (nSPS) is 14.5. The highest BCUT2D eigenvalue weighted by Crippen LogP contribution is 2.35. The lowest BCUT2D eigenvalue weighted by Gasteiger charge is -2.28. The molecule has 0 fully saturated rings. The number of hydrogen-bond acceptors (Lipinski definition) is 0. The van der Waals surface area contributed by atoms with Crippen LogP contribution in [0.15, 0.2) is 194 Å². The minimum atomic E-state index is -2.27. The van der Waals surface area contributed by atoms with Gasteiger partial charge in [-0.15, -0.1) is 0 Å². The molecule has 0 heteroatoms. The van der Waals surface area contributed by atoms with Crippen molar-refractivity contribution in [2.75, 3.05) is 0 Å². The number of aryl methyl sites for hydroxylation is 16. The van der Waals surface area contributed by atoms with Crippen LogP contribution in [0, 0.1) is 131 Å². The Hall–Kier alpha value is -7.80. The lowest BCUT2D eigenvalue weighted by Crippen LogP contribution is -2.19. The van der Waals surface area contributed by atoms with Crippen LogP contribution < -0.4 is 0 Å². The number of benzene rings is 10. The van der Waals surface area contributed by atoms with Crippen molar-refractivity contribution in [2.24, 2.45) is 0 Å². The Bertz CT molecular complexity index is 5110. The fraction of sp³-hybridized carbons (Fsp3) is 0.478. The molecule has 0 amide bonds. The Labute approximate surface area is 737 Å². The standard InChI is InChI=1S/3C15H24.3C11H16.C10H14.3C9H12/c1-11-8-12(14(2,3)4)10-13(9-11)15(5,6)7;1-11-8-9-12(14(2,3)4)10-13(11)15(5,6)7;1-11-12(14(2,3)4)9-8-10-13(11)15(5,6)7;1-9-5-7-10(8-6-9)11(2,3)4;1-9-6-5-7-10(8-9)11(2,3)4;1-9-7-5-6-8-10(9)11(2,3)4;1-7-5-8(2)10(4)9(3)6-7;1-7-4-8(2)6-9(3)5-7;1-7-4-5-8(2)9(3)6-7;1-7-5-4-6-8(2)9(7)3/h3*8-10H,1-7H3;3*5-8H,1-4H3;5-6H,1-4H3;3*4-6H,1-3H3/i;;;;;;2*1D3,2D3;2*1D3. The Balaban J connectivity index is 0.000000741. The second kappa shape index (κ2) is 44.7. The summed E-state index contributed by atoms with van der Waals surface area (Å²) in [6.07, 6.45) is 0. The van der Waals surface area contributed by atoms with Crippen LogP contribution in [-0.2, 0) is 48.7 Å². The Morgan fingerprint density at radius 3 is 0.887 bits per heavy atom. The van der Waals surface area contributed by atoms with E-state index in [1.54, 1.807) is 45.0 Å². The zero-order chi connectivity index (χ0) is 104. The smallest absolute Gasteiger partial charge is 0.0280 e. The molecule has 0 aromatic heterocycles. The van der Waals surface area contributed by atoms with Crippen molar-refractivity contribution in [1.82, 2.24) is 0 Å². The van der Waals surface area contributed by atoms with Gasteiger partial charge in [-0.3, -0.25) is 0 Å². The molecule has 10 aromatic rings. The molecule has 0 unspecified atom stereocenters. The molecule has 10 rings (SSSR count). The van der Waals surface area contributed by atoms with Gasteiger partial charge < -0.3 is 0 Å². The third kappa shape index (κ3) is 39.3. The molecular weight excluding hydrogens is 1380 g/mol. The van der Waals surface area contributed by atoms with E-state index in [2.05, 4.69) is 356 Å². The van der Waals surface area contributed by atoms with Gasteiger partial charge in [-0.25, -0.2) is 0 Å². The van der Waals surface area contributed by atoms with Gasteiger partial charge in [-0.1, -0.05) is 426 Å². The molecule has 115 heavy (non-hydrogen) atoms. The molecule has 0 spiro atoms. The Morgan fingerprint density at radius 2 is 0.487 bits per heavy atom. The van der Waals surface area contributed by atoms with Crippen LogP contribution in [0.25, 0.3) is 0 Å². The molecule has 0 aliphatic heterocycles. The Morgan fingerprint density at radius 1 is 0.157 bits per heavy atom. The van der Waals surface area contributed by atoms with E-state index in [4.69, 9.17) is 24.7 Å². The van der Waals surface area contributed by atoms with Crippen molar-refractivity contribution in [1.29, 1.82) is 0 Å². The second-order valence-corrected chi connectivity index (χ2v) is 41.0. The maximum Gasteiger partial charge on any atom is 0.0280 e. The van der Waals surface area contributed by atoms with Crippen molar-refractivity contribution in [3.05, 3.63) is 350 Å². The summed E-state index contributed by atoms with van der Waals surface area (Å²) >= 11 is 0. The SMILES string of the molecule is Cc1c(C(C)(C)C)cccc1C(C)(C)C.Cc1cc(C(C)(C)C)cc(C(C)(C)C)c1.Cc1ccc(C(C)(C)C)cc1.Cc1ccc(C(C)(C)C)cc1C(C)(C)C.Cc1cccc(C(C)(C)C)c1.Cc1ccccc1C(C)(C)C.[2H]C([2H])([2H])c1cc(C)c(C)c(C([2H])([2H])[2H])c1.[2H]C([2H])([2H])c1cc(C)cc(C([2H])([2H])[2H])c1.[2H]C([2H])([2H])c1ccc(C)c(C)c1.[2H]C([2H])([2H])c1cccc(C)c1C. The summed E-state index contributed by atoms with van der Waals surface area (Å²) < 4.78 is 131. The summed E-state index contributed by atoms with van der Waals surface area (Å²) in [5.41, 5.74) is 30.8. The quantitative estimate of drug-likeness (QED) is 0.142. The highest BCUT2D eigenvalue weighted by atomic mass is 14.3. The molecule has 0 N–H and O–H groups in total. The molecule has 0 aliphatic carbocycles. The predicted octanol–water partition coefficient (Wildman–Crippen LogP) is 34.4. The van der Waals surface area contributed by atoms with E-state index in [-0.39, 0.29) is 71.0 Å². The molecule has 630 valence electrons. The van der Waals surface area contributed by atoms with E-state index < -0.39 is 41.1 Å². The minimum Gasteiger partial charge on any atom is -0.0620 e. The van der Waals surface area contributed by atoms with E-state index in [0.29, 0.717) is 27.8 Å². The van der Waals surface area contributed by atoms with E-state index in [0.717, 1.165) is 22.3 Å². The van der Waals surface area contributed by atoms with Gasteiger partial charge in [0, 0.05) is 24.7 Å². The van der Waals surface area contributed by atoms with Gasteiger partial charge in [0.25, 0.3) is 0 Å². The third-order valence-corrected chi connectivity index (χ3v) is 20.3. The topological polar surface area (TPSA) is 0 Å². The highest BCUT2D eigenvalue weighted by Gasteiger charge is 2.25. The molecule has 10 aromatic carbocycles. The molecule has 0 atom stereocenters. The summed E-state index contributed by atoms with van der Waals surface area (Å²) in [7, 11) is 0. The van der Waals surface area contributed by atoms with Crippen LogP contribution in [0.5, 0.6) is 0 Å². The van der Waals surface area contributed by atoms with Crippen LogP contribution in [-0.4, -0.2) is 0 Å². The molecule has 0 heterocycles. The van der Waals surface area contributed by atoms with E-state index in [1.165, 1.54) is 114 Å². The van der Waals surface area contributed by atoms with Crippen LogP contribution in [0.2, 0.25) is 0 Å². The molecule has 0 radical (unpaired) electrons. The third-order valence-electron chi connectivity index (χ3n) is 20.3. The van der Waals surface area contributed by atoms with Crippen molar-refractivity contribution in [3.8, 4) is 0 Å². The summed E-state index contributed by atoms with van der Waals surface area (Å²) in [5, 5.41) is 0. The largest absolute Gasteiger partial charge is 0.0620 e. The molecular formula is C115H170. The summed E-state index contributed by atoms with van der Waals surface area (Å²) in [5.74, 6) is 0. The summed E-state index contributed by atoms with van der Waals surface area (Å²) in [6.45, 7) is 73.9. The molecule has 0 nitrogen and oxygen atoms in total. The second-order valence-electron chi connectivity index (χ2n) is 41.0. The monoisotopic (exact) mass is 1570 g/mol. The van der Waals surface area contributed by atoms with E-state index in [9.17, 15) is 0 Å². The molecule has 0 bridgehead atoms. The van der Waals surface area contributed by atoms with E-state index in [1.807, 2.05) is 39.8 Å². The van der Waals surface area contributed by atoms with Gasteiger partial charge in [0.15, 0.2) is 0 Å². The van der Waals surface area contributed by atoms with Crippen LogP contribution in [0.4, 0.5) is 0 Å². The lowest BCUT2D eigenvalue weighted by atomic mass is 9.77. The maximum absolute atomic E-state index is 7.36. The van der Waals surface area contributed by atoms with Crippen molar-refractivity contribution >= 4 is 0 Å². The first-order valence-corrected chi connectivity index (χ1v) is 41.3. The first-order valence-electron chi connectivity index (χ1n) is 50.3. The first-order chi connectivity index (χ1) is 59.3. The highest BCUT2D eigenvalue weighted by molar-refractivity contribution is 5.44. The molecule has 0 aliphatic rings.